The van der Waals surface area contributed by atoms with Crippen molar-refractivity contribution in [2.45, 2.75) is 18.4 Å². The van der Waals surface area contributed by atoms with Gasteiger partial charge >= 0.3 is 17.1 Å². The van der Waals surface area contributed by atoms with Crippen LogP contribution in [0.3, 0.4) is 0 Å². The first-order valence-electron chi connectivity index (χ1n) is 14.4. The predicted octanol–water partition coefficient (Wildman–Crippen LogP) is 7.52. The van der Waals surface area contributed by atoms with Gasteiger partial charge in [0.25, 0.3) is 0 Å². The van der Waals surface area contributed by atoms with Crippen molar-refractivity contribution in [1.29, 1.82) is 0 Å². The van der Waals surface area contributed by atoms with Crippen molar-refractivity contribution in [3.63, 3.8) is 0 Å². The molecule has 2 saturated carbocycles. The monoisotopic (exact) mass is 619 g/mol. The first-order valence-corrected chi connectivity index (χ1v) is 15.8. The van der Waals surface area contributed by atoms with E-state index in [1.54, 1.807) is 0 Å². The third-order valence-electron chi connectivity index (χ3n) is 7.42. The normalized spacial score (nSPS) is 17.9. The van der Waals surface area contributed by atoms with E-state index in [4.69, 9.17) is 9.73 Å². The van der Waals surface area contributed by atoms with Gasteiger partial charge in [-0.2, -0.15) is 0 Å². The summed E-state index contributed by atoms with van der Waals surface area (Å²) in [6.07, 6.45) is 18.3. The molecule has 2 fully saturated rings. The fraction of sp³-hybridized carbons (Fsp3) is 0.103. The Labute approximate surface area is 270 Å². The molecule has 0 saturated heterocycles. The van der Waals surface area contributed by atoms with Crippen LogP contribution >= 0.6 is 7.92 Å². The summed E-state index contributed by atoms with van der Waals surface area (Å²) in [6, 6.07) is 43.0. The molecule has 0 amide bonds. The molecular formula is C39H34FeNOP+2. The van der Waals surface area contributed by atoms with Crippen molar-refractivity contribution in [3.8, 4) is 0 Å². The van der Waals surface area contributed by atoms with Gasteiger partial charge in [0.1, 0.15) is 12.1 Å². The molecular weight excluding hydrogens is 585 g/mol. The van der Waals surface area contributed by atoms with Crippen LogP contribution < -0.4 is 10.6 Å². The third-order valence-corrected chi connectivity index (χ3v) is 9.92. The minimum atomic E-state index is -0.734. The van der Waals surface area contributed by atoms with Crippen LogP contribution in [0.15, 0.2) is 126 Å². The maximum Gasteiger partial charge on any atom is 2.00 e. The van der Waals surface area contributed by atoms with Crippen molar-refractivity contribution >= 4 is 24.4 Å². The smallest absolute Gasteiger partial charge is 0.478 e. The fourth-order valence-electron chi connectivity index (χ4n) is 5.50. The van der Waals surface area contributed by atoms with Crippen molar-refractivity contribution in [1.82, 2.24) is 0 Å². The third kappa shape index (κ3) is 8.27. The minimum absolute atomic E-state index is 0. The molecule has 4 aromatic rings. The van der Waals surface area contributed by atoms with Crippen LogP contribution in [0, 0.1) is 62.9 Å². The van der Waals surface area contributed by atoms with Gasteiger partial charge in [-0.05, 0) is 81.0 Å². The molecule has 0 aromatic heterocycles. The number of nitrogens with zero attached hydrogens (tertiary/aromatic N) is 1. The molecule has 7 rings (SSSR count). The number of aliphatic imine (C=N–C) groups is 1. The minimum Gasteiger partial charge on any atom is -0.478 e. The predicted molar refractivity (Wildman–Crippen MR) is 176 cm³/mol. The van der Waals surface area contributed by atoms with E-state index in [-0.39, 0.29) is 22.6 Å². The second kappa shape index (κ2) is 15.9. The van der Waals surface area contributed by atoms with Crippen LogP contribution in [0.2, 0.25) is 0 Å². The number of benzene rings is 4. The maximum atomic E-state index is 6.48. The maximum absolute atomic E-state index is 6.48. The first-order chi connectivity index (χ1) is 20.8. The zero-order chi connectivity index (χ0) is 28.5. The number of rotatable bonds is 8. The summed E-state index contributed by atoms with van der Waals surface area (Å²) in [5.74, 6) is 1.88. The van der Waals surface area contributed by atoms with Crippen molar-refractivity contribution < 1.29 is 21.8 Å². The molecule has 0 atom stereocenters. The molecule has 0 spiro atoms. The van der Waals surface area contributed by atoms with Crippen LogP contribution in [0.5, 0.6) is 0 Å². The zero-order valence-electron chi connectivity index (χ0n) is 23.9. The van der Waals surface area contributed by atoms with Gasteiger partial charge in [-0.1, -0.05) is 121 Å². The van der Waals surface area contributed by atoms with Gasteiger partial charge in [-0.25, -0.2) is 4.99 Å². The van der Waals surface area contributed by atoms with Crippen LogP contribution in [-0.2, 0) is 34.6 Å². The molecule has 0 unspecified atom stereocenters. The van der Waals surface area contributed by atoms with Gasteiger partial charge in [0, 0.05) is 18.5 Å². The van der Waals surface area contributed by atoms with Gasteiger partial charge in [-0.15, -0.1) is 0 Å². The van der Waals surface area contributed by atoms with E-state index in [2.05, 4.69) is 141 Å². The quantitative estimate of drug-likeness (QED) is 0.148. The Bertz CT molecular complexity index is 1300. The topological polar surface area (TPSA) is 21.6 Å². The van der Waals surface area contributed by atoms with Crippen molar-refractivity contribution in [3.05, 3.63) is 195 Å². The van der Waals surface area contributed by atoms with E-state index in [1.165, 1.54) is 27.4 Å². The standard InChI is InChI=1S/C34H29NOP.C5H5.Fe/c1-5-14-27(15-6-1)24-34(25-28-16-7-2-8-17-28)26-36-33(35-34)31-22-13-23-32(31)37(29-18-9-3-10-19-29)30-20-11-4-12-21-30;1-2-4-5-3-1;/h1-23H,24-26H2;1-5H;/q;;+2. The zero-order valence-corrected chi connectivity index (χ0v) is 25.9. The number of hydrogen-bond acceptors (Lipinski definition) is 2. The molecule has 4 aromatic carbocycles. The Hall–Kier alpha value is -2.70. The van der Waals surface area contributed by atoms with E-state index in [0.29, 0.717) is 6.61 Å². The summed E-state index contributed by atoms with van der Waals surface area (Å²) in [4.78, 5) is 5.39. The second-order valence-electron chi connectivity index (χ2n) is 10.5. The Morgan fingerprint density at radius 2 is 1.00 bits per heavy atom. The summed E-state index contributed by atoms with van der Waals surface area (Å²) in [5.41, 5.74) is 3.52. The summed E-state index contributed by atoms with van der Waals surface area (Å²) in [5, 5.41) is 2.66. The van der Waals surface area contributed by atoms with Crippen molar-refractivity contribution in [2.75, 3.05) is 6.61 Å². The molecule has 4 heteroatoms. The Morgan fingerprint density at radius 3 is 1.47 bits per heavy atom. The first kappa shape index (κ1) is 31.7. The van der Waals surface area contributed by atoms with Gasteiger partial charge in [-0.3, -0.25) is 0 Å². The van der Waals surface area contributed by atoms with Crippen molar-refractivity contribution in [2.24, 2.45) is 4.99 Å². The van der Waals surface area contributed by atoms with E-state index < -0.39 is 7.92 Å². The second-order valence-corrected chi connectivity index (χ2v) is 12.7. The SMILES string of the molecule is [CH]1[CH][CH][CH][CH]1.[CH]1[CH][C](C2=NC(Cc3ccccc3)(Cc3ccccc3)CO2)[C](P(c2ccccc2)c2ccccc2)[CH]1.[Fe+2]. The van der Waals surface area contributed by atoms with E-state index in [1.807, 2.05) is 32.1 Å². The molecule has 0 N–H and O–H groups in total. The van der Waals surface area contributed by atoms with Crippen LogP contribution in [0.4, 0.5) is 0 Å². The van der Waals surface area contributed by atoms with Crippen LogP contribution in [0.25, 0.3) is 0 Å². The molecule has 10 radical (unpaired) electrons. The Kier molecular flexibility index (Phi) is 11.7. The molecule has 212 valence electrons. The Morgan fingerprint density at radius 1 is 0.558 bits per heavy atom. The molecule has 1 aliphatic heterocycles. The largest absolute Gasteiger partial charge is 2.00 e. The fourth-order valence-corrected chi connectivity index (χ4v) is 7.95. The van der Waals surface area contributed by atoms with Gasteiger partial charge in [0.2, 0.25) is 0 Å². The summed E-state index contributed by atoms with van der Waals surface area (Å²) < 4.78 is 6.48. The van der Waals surface area contributed by atoms with Gasteiger partial charge in [0.15, 0.2) is 5.90 Å². The summed E-state index contributed by atoms with van der Waals surface area (Å²) in [6.45, 7) is 0.575. The summed E-state index contributed by atoms with van der Waals surface area (Å²) in [7, 11) is -0.734. The molecule has 2 aliphatic carbocycles. The van der Waals surface area contributed by atoms with E-state index in [9.17, 15) is 0 Å². The average Bonchev–Trinajstić information content (AvgIpc) is 3.84. The molecule has 3 aliphatic rings. The summed E-state index contributed by atoms with van der Waals surface area (Å²) >= 11 is 0. The van der Waals surface area contributed by atoms with Gasteiger partial charge < -0.3 is 4.74 Å². The molecule has 2 nitrogen and oxygen atoms in total. The molecule has 0 bridgehead atoms. The molecule has 43 heavy (non-hydrogen) atoms. The Balaban J connectivity index is 0.000000559. The number of ether oxygens (including phenoxy) is 1. The van der Waals surface area contributed by atoms with E-state index >= 15 is 0 Å². The van der Waals surface area contributed by atoms with Gasteiger partial charge in [0.05, 0.1) is 5.92 Å². The van der Waals surface area contributed by atoms with Crippen LogP contribution in [0.1, 0.15) is 11.1 Å². The van der Waals surface area contributed by atoms with E-state index in [0.717, 1.165) is 24.7 Å². The molecule has 1 heterocycles. The number of hydrogen-bond donors (Lipinski definition) is 0. The van der Waals surface area contributed by atoms with Crippen LogP contribution in [-0.4, -0.2) is 18.0 Å². The average molecular weight is 620 g/mol.